The lowest BCUT2D eigenvalue weighted by Crippen LogP contribution is -2.49. The molecule has 2 aliphatic rings. The van der Waals surface area contributed by atoms with Crippen molar-refractivity contribution < 1.29 is 23.5 Å². The molecule has 10 nitrogen and oxygen atoms in total. The number of anilines is 3. The van der Waals surface area contributed by atoms with Gasteiger partial charge in [0.15, 0.2) is 0 Å². The fraction of sp³-hybridized carbons (Fsp3) is 0.462. The molecule has 1 aliphatic heterocycles. The van der Waals surface area contributed by atoms with Crippen LogP contribution in [0.5, 0.6) is 11.5 Å². The van der Waals surface area contributed by atoms with Gasteiger partial charge >= 0.3 is 6.03 Å². The molecule has 3 amide bonds. The van der Waals surface area contributed by atoms with Gasteiger partial charge in [-0.25, -0.2) is 14.2 Å². The van der Waals surface area contributed by atoms with E-state index in [9.17, 15) is 14.0 Å². The zero-order chi connectivity index (χ0) is 26.5. The Bertz CT molecular complexity index is 1180. The van der Waals surface area contributed by atoms with Crippen molar-refractivity contribution in [2.24, 2.45) is 0 Å². The summed E-state index contributed by atoms with van der Waals surface area (Å²) in [7, 11) is 2.96. The van der Waals surface area contributed by atoms with E-state index < -0.39 is 12.7 Å². The summed E-state index contributed by atoms with van der Waals surface area (Å²) in [6.07, 6.45) is 6.49. The maximum absolute atomic E-state index is 13.6. The van der Waals surface area contributed by atoms with Gasteiger partial charge in [0.1, 0.15) is 29.0 Å². The monoisotopic (exact) mass is 548 g/mol. The Labute approximate surface area is 227 Å². The zero-order valence-electron chi connectivity index (χ0n) is 20.8. The molecule has 2 N–H and O–H groups in total. The first-order valence-electron chi connectivity index (χ1n) is 12.0. The molecule has 2 unspecified atom stereocenters. The van der Waals surface area contributed by atoms with E-state index in [-0.39, 0.29) is 43.5 Å². The van der Waals surface area contributed by atoms with Crippen molar-refractivity contribution in [2.45, 2.75) is 51.7 Å². The van der Waals surface area contributed by atoms with Crippen LogP contribution in [-0.2, 0) is 11.3 Å². The highest BCUT2D eigenvalue weighted by molar-refractivity contribution is 6.35. The molecule has 1 saturated carbocycles. The molecule has 0 radical (unpaired) electrons. The topological polar surface area (TPSA) is 109 Å². The fourth-order valence-electron chi connectivity index (χ4n) is 4.67. The Kier molecular flexibility index (Phi) is 9.73. The first kappa shape index (κ1) is 29.0. The molecule has 0 bridgehead atoms. The van der Waals surface area contributed by atoms with Crippen molar-refractivity contribution >= 4 is 41.0 Å². The fourth-order valence-corrected chi connectivity index (χ4v) is 4.95. The molecule has 2 heterocycles. The van der Waals surface area contributed by atoms with Gasteiger partial charge < -0.3 is 20.1 Å². The van der Waals surface area contributed by atoms with Gasteiger partial charge in [-0.2, -0.15) is 4.98 Å². The number of alkyl halides is 1. The Hall–Kier alpha value is -3.60. The van der Waals surface area contributed by atoms with E-state index in [4.69, 9.17) is 21.1 Å². The number of hydrogen-bond acceptors (Lipinski definition) is 7. The van der Waals surface area contributed by atoms with E-state index in [1.807, 2.05) is 0 Å². The molecule has 1 aromatic carbocycles. The van der Waals surface area contributed by atoms with Crippen LogP contribution in [0.15, 0.2) is 31.0 Å². The van der Waals surface area contributed by atoms with E-state index in [1.54, 1.807) is 18.3 Å². The van der Waals surface area contributed by atoms with Crippen LogP contribution in [0, 0.1) is 0 Å². The lowest BCUT2D eigenvalue weighted by molar-refractivity contribution is -0.117. The second-order valence-corrected chi connectivity index (χ2v) is 9.15. The summed E-state index contributed by atoms with van der Waals surface area (Å²) in [6.45, 7) is 2.68. The van der Waals surface area contributed by atoms with E-state index in [1.165, 1.54) is 30.1 Å². The minimum absolute atomic E-state index is 0. The van der Waals surface area contributed by atoms with Crippen LogP contribution < -0.4 is 29.9 Å². The molecule has 12 heteroatoms. The number of fused-ring (bicyclic) bond motifs is 1. The number of benzene rings is 1. The SMILES string of the molecule is C.C=CC(=O)NC1CCCCC1Nc1ncc2c(n1)N(CCF)C(=O)N(c1cc(OC)cc(OC)c1Cl)C2. The number of amides is 3. The molecular formula is C26H34ClFN6O4. The van der Waals surface area contributed by atoms with Crippen LogP contribution >= 0.6 is 11.6 Å². The first-order chi connectivity index (χ1) is 17.9. The third-order valence-electron chi connectivity index (χ3n) is 6.53. The predicted octanol–water partition coefficient (Wildman–Crippen LogP) is 4.72. The summed E-state index contributed by atoms with van der Waals surface area (Å²) >= 11 is 6.54. The Morgan fingerprint density at radius 1 is 1.26 bits per heavy atom. The van der Waals surface area contributed by atoms with Crippen LogP contribution in [0.3, 0.4) is 0 Å². The standard InChI is InChI=1S/C25H30ClFN6O4.CH4/c1-4-21(34)29-17-7-5-6-8-18(17)30-24-28-13-15-14-33(25(35)32(10-9-27)23(15)31-24)19-11-16(36-2)12-20(37-3)22(19)26;/h4,11-13,17-18H,1,5-10,14H2,2-3H3,(H,29,34)(H,28,30,31);1H4. The van der Waals surface area contributed by atoms with Crippen LogP contribution in [0.2, 0.25) is 5.02 Å². The largest absolute Gasteiger partial charge is 0.497 e. The third kappa shape index (κ3) is 5.93. The number of carbonyl (C=O) groups excluding carboxylic acids is 2. The van der Waals surface area contributed by atoms with E-state index in [2.05, 4.69) is 27.2 Å². The number of rotatable bonds is 9. The lowest BCUT2D eigenvalue weighted by atomic mass is 9.90. The van der Waals surface area contributed by atoms with Crippen molar-refractivity contribution in [1.29, 1.82) is 0 Å². The summed E-state index contributed by atoms with van der Waals surface area (Å²) in [5, 5.41) is 6.48. The highest BCUT2D eigenvalue weighted by Gasteiger charge is 2.35. The van der Waals surface area contributed by atoms with Crippen molar-refractivity contribution in [3.05, 3.63) is 41.6 Å². The second-order valence-electron chi connectivity index (χ2n) is 8.77. The molecule has 38 heavy (non-hydrogen) atoms. The van der Waals surface area contributed by atoms with Crippen LogP contribution in [-0.4, -0.2) is 61.4 Å². The van der Waals surface area contributed by atoms with Gasteiger partial charge in [-0.3, -0.25) is 14.6 Å². The molecule has 1 fully saturated rings. The van der Waals surface area contributed by atoms with Crippen molar-refractivity contribution in [3.8, 4) is 11.5 Å². The van der Waals surface area contributed by atoms with Crippen molar-refractivity contribution in [3.63, 3.8) is 0 Å². The van der Waals surface area contributed by atoms with Crippen molar-refractivity contribution in [1.82, 2.24) is 15.3 Å². The zero-order valence-corrected chi connectivity index (χ0v) is 21.6. The van der Waals surface area contributed by atoms with Gasteiger partial charge in [0.05, 0.1) is 33.0 Å². The lowest BCUT2D eigenvalue weighted by Gasteiger charge is -2.37. The number of carbonyl (C=O) groups is 2. The average Bonchev–Trinajstić information content (AvgIpc) is 2.91. The first-order valence-corrected chi connectivity index (χ1v) is 12.4. The van der Waals surface area contributed by atoms with Gasteiger partial charge in [0.2, 0.25) is 11.9 Å². The van der Waals surface area contributed by atoms with Gasteiger partial charge in [-0.05, 0) is 18.9 Å². The molecule has 0 saturated heterocycles. The summed E-state index contributed by atoms with van der Waals surface area (Å²) in [5.74, 6) is 1.18. The maximum atomic E-state index is 13.6. The Balaban J connectivity index is 0.00000400. The van der Waals surface area contributed by atoms with E-state index >= 15 is 0 Å². The molecule has 206 valence electrons. The predicted molar refractivity (Wildman–Crippen MR) is 146 cm³/mol. The minimum atomic E-state index is -0.765. The summed E-state index contributed by atoms with van der Waals surface area (Å²) < 4.78 is 24.3. The average molecular weight is 549 g/mol. The van der Waals surface area contributed by atoms with Crippen LogP contribution in [0.25, 0.3) is 0 Å². The molecule has 2 atom stereocenters. The summed E-state index contributed by atoms with van der Waals surface area (Å²) in [6, 6.07) is 2.55. The van der Waals surface area contributed by atoms with Crippen LogP contribution in [0.1, 0.15) is 38.7 Å². The minimum Gasteiger partial charge on any atom is -0.497 e. The van der Waals surface area contributed by atoms with Crippen LogP contribution in [0.4, 0.5) is 26.6 Å². The van der Waals surface area contributed by atoms with E-state index in [0.717, 1.165) is 25.7 Å². The number of urea groups is 1. The van der Waals surface area contributed by atoms with Gasteiger partial charge in [-0.1, -0.05) is 38.4 Å². The number of nitrogens with zero attached hydrogens (tertiary/aromatic N) is 4. The number of ether oxygens (including phenoxy) is 2. The number of methoxy groups -OCH3 is 2. The van der Waals surface area contributed by atoms with Gasteiger partial charge in [0.25, 0.3) is 0 Å². The highest BCUT2D eigenvalue weighted by Crippen LogP contribution is 2.41. The molecular weight excluding hydrogens is 515 g/mol. The summed E-state index contributed by atoms with van der Waals surface area (Å²) in [5.41, 5.74) is 0.985. The number of aromatic nitrogens is 2. The highest BCUT2D eigenvalue weighted by atomic mass is 35.5. The Morgan fingerprint density at radius 3 is 2.66 bits per heavy atom. The second kappa shape index (κ2) is 12.8. The maximum Gasteiger partial charge on any atom is 0.330 e. The normalized spacial score (nSPS) is 18.7. The number of nitrogens with one attached hydrogen (secondary N) is 2. The smallest absolute Gasteiger partial charge is 0.330 e. The number of halogens is 2. The molecule has 4 rings (SSSR count). The molecule has 1 aromatic heterocycles. The Morgan fingerprint density at radius 2 is 2.00 bits per heavy atom. The van der Waals surface area contributed by atoms with E-state index in [0.29, 0.717) is 34.5 Å². The number of hydrogen-bond donors (Lipinski definition) is 2. The quantitative estimate of drug-likeness (QED) is 0.436. The molecule has 1 aliphatic carbocycles. The third-order valence-corrected chi connectivity index (χ3v) is 6.91. The summed E-state index contributed by atoms with van der Waals surface area (Å²) in [4.78, 5) is 37.2. The van der Waals surface area contributed by atoms with Gasteiger partial charge in [-0.15, -0.1) is 0 Å². The van der Waals surface area contributed by atoms with Gasteiger partial charge in [0, 0.05) is 36.0 Å². The molecule has 2 aromatic rings. The van der Waals surface area contributed by atoms with Crippen molar-refractivity contribution in [2.75, 3.05) is 42.6 Å². The molecule has 0 spiro atoms.